The summed E-state index contributed by atoms with van der Waals surface area (Å²) in [6.45, 7) is 14.2. The van der Waals surface area contributed by atoms with Crippen LogP contribution in [0.4, 0.5) is 0 Å². The predicted octanol–water partition coefficient (Wildman–Crippen LogP) is 2.99. The number of aromatic nitrogens is 2. The molecule has 19 heavy (non-hydrogen) atoms. The summed E-state index contributed by atoms with van der Waals surface area (Å²) in [7, 11) is 0. The van der Waals surface area contributed by atoms with Gasteiger partial charge in [0.2, 0.25) is 0 Å². The number of nitrogens with zero attached hydrogens (tertiary/aromatic N) is 2. The van der Waals surface area contributed by atoms with Crippen LogP contribution in [0.2, 0.25) is 0 Å². The van der Waals surface area contributed by atoms with Gasteiger partial charge >= 0.3 is 0 Å². The minimum Gasteiger partial charge on any atom is -0.380 e. The fraction of sp³-hybridized carbons (Fsp3) is 0.800. The SMILES string of the molecule is CCCCOCCNC(C)c1c(C)nn(CC)c1C. The Bertz CT molecular complexity index is 374. The van der Waals surface area contributed by atoms with Gasteiger partial charge in [0.25, 0.3) is 0 Å². The zero-order valence-corrected chi connectivity index (χ0v) is 13.1. The molecule has 0 aliphatic carbocycles. The monoisotopic (exact) mass is 267 g/mol. The standard InChI is InChI=1S/C15H29N3O/c1-6-8-10-19-11-9-16-12(3)15-13(4)17-18(7-2)14(15)5/h12,16H,6-11H2,1-5H3. The second kappa shape index (κ2) is 8.33. The summed E-state index contributed by atoms with van der Waals surface area (Å²) in [6.07, 6.45) is 2.34. The highest BCUT2D eigenvalue weighted by atomic mass is 16.5. The molecular formula is C15H29N3O. The van der Waals surface area contributed by atoms with Crippen LogP contribution in [0.15, 0.2) is 0 Å². The quantitative estimate of drug-likeness (QED) is 0.699. The van der Waals surface area contributed by atoms with Crippen LogP contribution < -0.4 is 5.32 Å². The minimum absolute atomic E-state index is 0.329. The average molecular weight is 267 g/mol. The first-order valence-electron chi connectivity index (χ1n) is 7.46. The van der Waals surface area contributed by atoms with Crippen molar-refractivity contribution < 1.29 is 4.74 Å². The van der Waals surface area contributed by atoms with Crippen molar-refractivity contribution in [2.24, 2.45) is 0 Å². The number of rotatable bonds is 9. The van der Waals surface area contributed by atoms with E-state index >= 15 is 0 Å². The molecule has 0 amide bonds. The largest absolute Gasteiger partial charge is 0.380 e. The lowest BCUT2D eigenvalue weighted by molar-refractivity contribution is 0.131. The third-order valence-corrected chi connectivity index (χ3v) is 3.51. The maximum atomic E-state index is 5.56. The Balaban J connectivity index is 2.41. The molecule has 110 valence electrons. The number of hydrogen-bond donors (Lipinski definition) is 1. The maximum absolute atomic E-state index is 5.56. The first kappa shape index (κ1) is 16.2. The first-order valence-corrected chi connectivity index (χ1v) is 7.46. The molecule has 1 aromatic heterocycles. The van der Waals surface area contributed by atoms with Crippen LogP contribution in [-0.4, -0.2) is 29.5 Å². The topological polar surface area (TPSA) is 39.1 Å². The molecule has 0 aliphatic heterocycles. The van der Waals surface area contributed by atoms with Crippen molar-refractivity contribution in [3.63, 3.8) is 0 Å². The van der Waals surface area contributed by atoms with Gasteiger partial charge in [0.05, 0.1) is 12.3 Å². The van der Waals surface area contributed by atoms with E-state index in [-0.39, 0.29) is 0 Å². The molecule has 0 bridgehead atoms. The number of ether oxygens (including phenoxy) is 1. The van der Waals surface area contributed by atoms with Crippen molar-refractivity contribution in [2.45, 2.75) is 60.0 Å². The lowest BCUT2D eigenvalue weighted by Crippen LogP contribution is -2.24. The third kappa shape index (κ3) is 4.62. The molecule has 0 aromatic carbocycles. The van der Waals surface area contributed by atoms with Crippen molar-refractivity contribution in [1.82, 2.24) is 15.1 Å². The Morgan fingerprint density at radius 2 is 2.00 bits per heavy atom. The van der Waals surface area contributed by atoms with Gasteiger partial charge in [-0.3, -0.25) is 4.68 Å². The Morgan fingerprint density at radius 3 is 2.58 bits per heavy atom. The van der Waals surface area contributed by atoms with Gasteiger partial charge in [0.15, 0.2) is 0 Å². The fourth-order valence-electron chi connectivity index (χ4n) is 2.44. The predicted molar refractivity (Wildman–Crippen MR) is 79.5 cm³/mol. The fourth-order valence-corrected chi connectivity index (χ4v) is 2.44. The molecule has 0 saturated carbocycles. The molecule has 0 fully saturated rings. The lowest BCUT2D eigenvalue weighted by atomic mass is 10.1. The third-order valence-electron chi connectivity index (χ3n) is 3.51. The number of aryl methyl sites for hydroxylation is 2. The summed E-state index contributed by atoms with van der Waals surface area (Å²) < 4.78 is 7.63. The van der Waals surface area contributed by atoms with Crippen molar-refractivity contribution in [3.05, 3.63) is 17.0 Å². The van der Waals surface area contributed by atoms with Crippen LogP contribution in [0.25, 0.3) is 0 Å². The van der Waals surface area contributed by atoms with E-state index in [4.69, 9.17) is 4.74 Å². The van der Waals surface area contributed by atoms with Gasteiger partial charge in [-0.15, -0.1) is 0 Å². The van der Waals surface area contributed by atoms with Crippen molar-refractivity contribution in [3.8, 4) is 0 Å². The van der Waals surface area contributed by atoms with E-state index in [2.05, 4.69) is 49.7 Å². The summed E-state index contributed by atoms with van der Waals surface area (Å²) in [5, 5.41) is 8.08. The smallest absolute Gasteiger partial charge is 0.0644 e. The highest BCUT2D eigenvalue weighted by Crippen LogP contribution is 2.20. The Kier molecular flexibility index (Phi) is 7.10. The van der Waals surface area contributed by atoms with Crippen molar-refractivity contribution in [2.75, 3.05) is 19.8 Å². The second-order valence-electron chi connectivity index (χ2n) is 5.04. The Labute approximate surface area is 117 Å². The van der Waals surface area contributed by atoms with Crippen LogP contribution in [0.3, 0.4) is 0 Å². The van der Waals surface area contributed by atoms with Crippen LogP contribution in [0.1, 0.15) is 56.6 Å². The van der Waals surface area contributed by atoms with E-state index in [1.165, 1.54) is 17.7 Å². The van der Waals surface area contributed by atoms with E-state index in [1.807, 2.05) is 0 Å². The van der Waals surface area contributed by atoms with Crippen LogP contribution in [0, 0.1) is 13.8 Å². The van der Waals surface area contributed by atoms with E-state index in [1.54, 1.807) is 0 Å². The molecule has 1 aromatic rings. The number of unbranched alkanes of at least 4 members (excludes halogenated alkanes) is 1. The molecule has 1 N–H and O–H groups in total. The van der Waals surface area contributed by atoms with Gasteiger partial charge < -0.3 is 10.1 Å². The van der Waals surface area contributed by atoms with Gasteiger partial charge in [0, 0.05) is 37.0 Å². The number of nitrogens with one attached hydrogen (secondary N) is 1. The van der Waals surface area contributed by atoms with Crippen LogP contribution in [0.5, 0.6) is 0 Å². The molecule has 0 aliphatic rings. The van der Waals surface area contributed by atoms with E-state index in [9.17, 15) is 0 Å². The summed E-state index contributed by atoms with van der Waals surface area (Å²) in [6, 6.07) is 0.329. The summed E-state index contributed by atoms with van der Waals surface area (Å²) in [5.41, 5.74) is 3.73. The molecule has 1 atom stereocenters. The van der Waals surface area contributed by atoms with Gasteiger partial charge in [-0.25, -0.2) is 0 Å². The molecule has 4 heteroatoms. The lowest BCUT2D eigenvalue weighted by Gasteiger charge is -2.15. The van der Waals surface area contributed by atoms with E-state index in [0.29, 0.717) is 6.04 Å². The molecule has 0 saturated heterocycles. The highest BCUT2D eigenvalue weighted by molar-refractivity contribution is 5.27. The normalized spacial score (nSPS) is 12.9. The van der Waals surface area contributed by atoms with Crippen molar-refractivity contribution in [1.29, 1.82) is 0 Å². The number of hydrogen-bond acceptors (Lipinski definition) is 3. The molecule has 1 heterocycles. The zero-order chi connectivity index (χ0) is 14.3. The highest BCUT2D eigenvalue weighted by Gasteiger charge is 2.16. The van der Waals surface area contributed by atoms with Gasteiger partial charge in [-0.2, -0.15) is 5.10 Å². The van der Waals surface area contributed by atoms with Gasteiger partial charge in [0.1, 0.15) is 0 Å². The summed E-state index contributed by atoms with van der Waals surface area (Å²) >= 11 is 0. The molecule has 4 nitrogen and oxygen atoms in total. The molecule has 0 spiro atoms. The second-order valence-corrected chi connectivity index (χ2v) is 5.04. The minimum atomic E-state index is 0.329. The van der Waals surface area contributed by atoms with Gasteiger partial charge in [-0.05, 0) is 34.1 Å². The zero-order valence-electron chi connectivity index (χ0n) is 13.1. The summed E-state index contributed by atoms with van der Waals surface area (Å²) in [4.78, 5) is 0. The Hall–Kier alpha value is -0.870. The van der Waals surface area contributed by atoms with E-state index in [0.717, 1.165) is 38.4 Å². The summed E-state index contributed by atoms with van der Waals surface area (Å²) in [5.74, 6) is 0. The maximum Gasteiger partial charge on any atom is 0.0644 e. The van der Waals surface area contributed by atoms with Crippen LogP contribution >= 0.6 is 0 Å². The van der Waals surface area contributed by atoms with Crippen molar-refractivity contribution >= 4 is 0 Å². The molecule has 1 unspecified atom stereocenters. The molecular weight excluding hydrogens is 238 g/mol. The van der Waals surface area contributed by atoms with E-state index < -0.39 is 0 Å². The molecule has 1 rings (SSSR count). The first-order chi connectivity index (χ1) is 9.11. The average Bonchev–Trinajstić information content (AvgIpc) is 2.68. The van der Waals surface area contributed by atoms with Crippen LogP contribution in [-0.2, 0) is 11.3 Å². The van der Waals surface area contributed by atoms with Gasteiger partial charge in [-0.1, -0.05) is 13.3 Å². The Morgan fingerprint density at radius 1 is 1.26 bits per heavy atom. The molecule has 0 radical (unpaired) electrons.